The fourth-order valence-electron chi connectivity index (χ4n) is 2.71. The standard InChI is InChI=1S/C16H12N2O/c1-19-16-14-11-6-2-3-7-12(11)18-13(14)9-10-5-4-8-17-15(10)16/h2-9,18H,1H3. The van der Waals surface area contributed by atoms with Crippen LogP contribution in [0.1, 0.15) is 0 Å². The maximum Gasteiger partial charge on any atom is 0.155 e. The molecular weight excluding hydrogens is 236 g/mol. The number of benzene rings is 2. The summed E-state index contributed by atoms with van der Waals surface area (Å²) >= 11 is 0. The molecule has 4 rings (SSSR count). The minimum absolute atomic E-state index is 0.838. The van der Waals surface area contributed by atoms with Gasteiger partial charge in [-0.3, -0.25) is 4.98 Å². The van der Waals surface area contributed by atoms with Crippen molar-refractivity contribution in [1.29, 1.82) is 0 Å². The van der Waals surface area contributed by atoms with Crippen LogP contribution >= 0.6 is 0 Å². The van der Waals surface area contributed by atoms with Crippen molar-refractivity contribution in [3.05, 3.63) is 48.7 Å². The number of H-pyrrole nitrogens is 1. The predicted octanol–water partition coefficient (Wildman–Crippen LogP) is 3.88. The van der Waals surface area contributed by atoms with Crippen LogP contribution < -0.4 is 4.74 Å². The number of nitrogens with zero attached hydrogens (tertiary/aromatic N) is 1. The molecule has 92 valence electrons. The average Bonchev–Trinajstić information content (AvgIpc) is 2.82. The Morgan fingerprint density at radius 3 is 2.84 bits per heavy atom. The third-order valence-corrected chi connectivity index (χ3v) is 3.52. The van der Waals surface area contributed by atoms with E-state index in [2.05, 4.69) is 34.2 Å². The molecular formula is C16H12N2O. The molecule has 3 heteroatoms. The number of nitrogens with one attached hydrogen (secondary N) is 1. The molecule has 0 amide bonds. The molecule has 2 heterocycles. The molecule has 2 aromatic heterocycles. The number of hydrogen-bond donors (Lipinski definition) is 1. The van der Waals surface area contributed by atoms with E-state index in [1.54, 1.807) is 13.3 Å². The van der Waals surface area contributed by atoms with Gasteiger partial charge < -0.3 is 9.72 Å². The highest BCUT2D eigenvalue weighted by atomic mass is 16.5. The van der Waals surface area contributed by atoms with Gasteiger partial charge in [0.15, 0.2) is 5.75 Å². The van der Waals surface area contributed by atoms with Crippen molar-refractivity contribution in [3.8, 4) is 5.75 Å². The molecule has 1 N–H and O–H groups in total. The Kier molecular flexibility index (Phi) is 2.03. The highest BCUT2D eigenvalue weighted by Gasteiger charge is 2.13. The third-order valence-electron chi connectivity index (χ3n) is 3.52. The van der Waals surface area contributed by atoms with E-state index in [0.29, 0.717) is 0 Å². The second kappa shape index (κ2) is 3.72. The van der Waals surface area contributed by atoms with Gasteiger partial charge in [0.05, 0.1) is 18.0 Å². The summed E-state index contributed by atoms with van der Waals surface area (Å²) in [5.41, 5.74) is 3.10. The van der Waals surface area contributed by atoms with Crippen LogP contribution in [-0.4, -0.2) is 17.1 Å². The molecule has 0 aliphatic rings. The summed E-state index contributed by atoms with van der Waals surface area (Å²) in [6.45, 7) is 0. The number of aromatic amines is 1. The van der Waals surface area contributed by atoms with E-state index in [1.165, 1.54) is 5.39 Å². The lowest BCUT2D eigenvalue weighted by atomic mass is 10.1. The van der Waals surface area contributed by atoms with E-state index in [4.69, 9.17) is 4.74 Å². The summed E-state index contributed by atoms with van der Waals surface area (Å²) in [4.78, 5) is 7.89. The van der Waals surface area contributed by atoms with Gasteiger partial charge in [-0.05, 0) is 18.2 Å². The Hall–Kier alpha value is -2.55. The fourth-order valence-corrected chi connectivity index (χ4v) is 2.71. The molecule has 19 heavy (non-hydrogen) atoms. The first-order valence-electron chi connectivity index (χ1n) is 6.20. The van der Waals surface area contributed by atoms with Crippen LogP contribution in [0, 0.1) is 0 Å². The second-order valence-corrected chi connectivity index (χ2v) is 4.58. The van der Waals surface area contributed by atoms with Gasteiger partial charge in [-0.15, -0.1) is 0 Å². The first-order valence-corrected chi connectivity index (χ1v) is 6.20. The van der Waals surface area contributed by atoms with E-state index >= 15 is 0 Å². The van der Waals surface area contributed by atoms with Crippen LogP contribution in [0.25, 0.3) is 32.7 Å². The largest absolute Gasteiger partial charge is 0.494 e. The number of para-hydroxylation sites is 1. The third kappa shape index (κ3) is 1.35. The SMILES string of the molecule is COc1c2ncccc2cc2[nH]c3ccccc3c12. The average molecular weight is 248 g/mol. The molecule has 3 nitrogen and oxygen atoms in total. The maximum absolute atomic E-state index is 5.62. The maximum atomic E-state index is 5.62. The van der Waals surface area contributed by atoms with Crippen molar-refractivity contribution in [2.75, 3.05) is 7.11 Å². The number of ether oxygens (including phenoxy) is 1. The number of hydrogen-bond acceptors (Lipinski definition) is 2. The van der Waals surface area contributed by atoms with Gasteiger partial charge in [0, 0.05) is 22.5 Å². The fraction of sp³-hybridized carbons (Fsp3) is 0.0625. The van der Waals surface area contributed by atoms with Crippen molar-refractivity contribution in [1.82, 2.24) is 9.97 Å². The van der Waals surface area contributed by atoms with E-state index in [1.807, 2.05) is 18.2 Å². The summed E-state index contributed by atoms with van der Waals surface area (Å²) in [6.07, 6.45) is 1.80. The van der Waals surface area contributed by atoms with Crippen LogP contribution in [0.4, 0.5) is 0 Å². The lowest BCUT2D eigenvalue weighted by molar-refractivity contribution is 0.424. The van der Waals surface area contributed by atoms with E-state index in [0.717, 1.165) is 33.1 Å². The molecule has 0 unspecified atom stereocenters. The van der Waals surface area contributed by atoms with Crippen LogP contribution in [-0.2, 0) is 0 Å². The van der Waals surface area contributed by atoms with Gasteiger partial charge in [0.1, 0.15) is 5.52 Å². The summed E-state index contributed by atoms with van der Waals surface area (Å²) < 4.78 is 5.62. The van der Waals surface area contributed by atoms with E-state index in [-0.39, 0.29) is 0 Å². The zero-order valence-electron chi connectivity index (χ0n) is 10.5. The lowest BCUT2D eigenvalue weighted by Gasteiger charge is -2.06. The molecule has 0 aliphatic heterocycles. The van der Waals surface area contributed by atoms with Crippen molar-refractivity contribution in [2.45, 2.75) is 0 Å². The Labute approximate surface area is 109 Å². The highest BCUT2D eigenvalue weighted by molar-refractivity contribution is 6.16. The molecule has 0 spiro atoms. The molecule has 0 aliphatic carbocycles. The summed E-state index contributed by atoms with van der Waals surface area (Å²) in [7, 11) is 1.70. The van der Waals surface area contributed by atoms with Gasteiger partial charge in [-0.25, -0.2) is 0 Å². The second-order valence-electron chi connectivity index (χ2n) is 4.58. The summed E-state index contributed by atoms with van der Waals surface area (Å²) in [5, 5.41) is 3.35. The number of methoxy groups -OCH3 is 1. The van der Waals surface area contributed by atoms with Crippen molar-refractivity contribution in [3.63, 3.8) is 0 Å². The van der Waals surface area contributed by atoms with Crippen molar-refractivity contribution in [2.24, 2.45) is 0 Å². The summed E-state index contributed by atoms with van der Waals surface area (Å²) in [6, 6.07) is 14.4. The molecule has 0 saturated carbocycles. The van der Waals surface area contributed by atoms with Gasteiger partial charge in [-0.1, -0.05) is 24.3 Å². The normalized spacial score (nSPS) is 11.4. The van der Waals surface area contributed by atoms with Crippen LogP contribution in [0.15, 0.2) is 48.7 Å². The molecule has 0 bridgehead atoms. The Morgan fingerprint density at radius 2 is 1.95 bits per heavy atom. The number of rotatable bonds is 1. The topological polar surface area (TPSA) is 37.9 Å². The first-order chi connectivity index (χ1) is 9.38. The molecule has 0 fully saturated rings. The molecule has 4 aromatic rings. The van der Waals surface area contributed by atoms with Crippen molar-refractivity contribution >= 4 is 32.7 Å². The van der Waals surface area contributed by atoms with Gasteiger partial charge >= 0.3 is 0 Å². The highest BCUT2D eigenvalue weighted by Crippen LogP contribution is 2.37. The van der Waals surface area contributed by atoms with Gasteiger partial charge in [0.2, 0.25) is 0 Å². The van der Waals surface area contributed by atoms with Crippen molar-refractivity contribution < 1.29 is 4.74 Å². The Bertz CT molecular complexity index is 908. The van der Waals surface area contributed by atoms with E-state index < -0.39 is 0 Å². The van der Waals surface area contributed by atoms with Crippen LogP contribution in [0.5, 0.6) is 5.75 Å². The predicted molar refractivity (Wildman–Crippen MR) is 77.7 cm³/mol. The minimum Gasteiger partial charge on any atom is -0.494 e. The monoisotopic (exact) mass is 248 g/mol. The van der Waals surface area contributed by atoms with E-state index in [9.17, 15) is 0 Å². The number of aromatic nitrogens is 2. The molecule has 0 radical (unpaired) electrons. The molecule has 0 saturated heterocycles. The quantitative estimate of drug-likeness (QED) is 0.555. The minimum atomic E-state index is 0.838. The Balaban J connectivity index is 2.33. The first kappa shape index (κ1) is 10.4. The lowest BCUT2D eigenvalue weighted by Crippen LogP contribution is -1.88. The number of pyridine rings is 1. The van der Waals surface area contributed by atoms with Crippen LogP contribution in [0.3, 0.4) is 0 Å². The van der Waals surface area contributed by atoms with Gasteiger partial charge in [0.25, 0.3) is 0 Å². The van der Waals surface area contributed by atoms with Crippen LogP contribution in [0.2, 0.25) is 0 Å². The Morgan fingerprint density at radius 1 is 1.05 bits per heavy atom. The summed E-state index contributed by atoms with van der Waals surface area (Å²) in [5.74, 6) is 0.838. The number of fused-ring (bicyclic) bond motifs is 4. The molecule has 2 aromatic carbocycles. The smallest absolute Gasteiger partial charge is 0.155 e. The molecule has 0 atom stereocenters. The zero-order chi connectivity index (χ0) is 12.8. The van der Waals surface area contributed by atoms with Gasteiger partial charge in [-0.2, -0.15) is 0 Å². The zero-order valence-corrected chi connectivity index (χ0v) is 10.5.